The van der Waals surface area contributed by atoms with E-state index >= 15 is 0 Å². The quantitative estimate of drug-likeness (QED) is 0.671. The summed E-state index contributed by atoms with van der Waals surface area (Å²) in [5.41, 5.74) is 11.7. The van der Waals surface area contributed by atoms with E-state index in [2.05, 4.69) is 0 Å². The van der Waals surface area contributed by atoms with Gasteiger partial charge in [-0.25, -0.2) is 0 Å². The Hall–Kier alpha value is -1.60. The Morgan fingerprint density at radius 1 is 1.43 bits per heavy atom. The molecule has 1 radical (unpaired) electrons. The van der Waals surface area contributed by atoms with E-state index in [1.165, 1.54) is 0 Å². The lowest BCUT2D eigenvalue weighted by atomic mass is 10.2. The molecule has 4 N–H and O–H groups in total. The highest BCUT2D eigenvalue weighted by atomic mass is 32.2. The molecule has 0 heterocycles. The van der Waals surface area contributed by atoms with E-state index in [0.717, 1.165) is 18.2 Å². The van der Waals surface area contributed by atoms with Gasteiger partial charge in [-0.05, 0) is 18.2 Å². The molecular formula is C7H7N2O4S. The second kappa shape index (κ2) is 3.28. The number of amides is 1. The highest BCUT2D eigenvalue weighted by Gasteiger charge is 2.13. The minimum Gasteiger partial charge on any atom is -0.366 e. The van der Waals surface area contributed by atoms with E-state index in [9.17, 15) is 13.2 Å². The van der Waals surface area contributed by atoms with Crippen LogP contribution in [0.15, 0.2) is 23.1 Å². The van der Waals surface area contributed by atoms with E-state index in [0.29, 0.717) is 0 Å². The third-order valence-corrected chi connectivity index (χ3v) is 2.40. The van der Waals surface area contributed by atoms with Crippen molar-refractivity contribution in [1.82, 2.24) is 5.73 Å². The molecule has 0 aliphatic rings. The molecule has 1 aromatic rings. The fourth-order valence-corrected chi connectivity index (χ4v) is 1.41. The van der Waals surface area contributed by atoms with E-state index < -0.39 is 20.9 Å². The average molecular weight is 215 g/mol. The molecule has 0 aliphatic carbocycles. The molecule has 0 saturated heterocycles. The van der Waals surface area contributed by atoms with Gasteiger partial charge >= 0.3 is 0 Å². The number of carbonyl (C=O) groups excluding carboxylic acids is 1. The molecule has 14 heavy (non-hydrogen) atoms. The predicted octanol–water partition coefficient (Wildman–Crippen LogP) is -0.0534. The molecule has 0 aliphatic heterocycles. The molecule has 75 valence electrons. The number of hydrogen-bond acceptors (Lipinski definition) is 3. The summed E-state index contributed by atoms with van der Waals surface area (Å²) in [4.78, 5) is 10.2. The van der Waals surface area contributed by atoms with Crippen LogP contribution >= 0.6 is 0 Å². The second-order valence-corrected chi connectivity index (χ2v) is 3.97. The van der Waals surface area contributed by atoms with Gasteiger partial charge < -0.3 is 11.5 Å². The van der Waals surface area contributed by atoms with E-state index in [-0.39, 0.29) is 11.3 Å². The smallest absolute Gasteiger partial charge is 0.294 e. The lowest BCUT2D eigenvalue weighted by Gasteiger charge is -2.01. The molecule has 0 fully saturated rings. The molecule has 0 aromatic heterocycles. The molecule has 1 amide bonds. The first kappa shape index (κ1) is 10.5. The maximum atomic E-state index is 10.7. The summed E-state index contributed by atoms with van der Waals surface area (Å²) in [6, 6.07) is 2.94. The molecule has 0 unspecified atom stereocenters. The second-order valence-electron chi connectivity index (χ2n) is 2.55. The van der Waals surface area contributed by atoms with Gasteiger partial charge in [0.15, 0.2) is 0 Å². The van der Waals surface area contributed by atoms with Crippen molar-refractivity contribution in [2.75, 3.05) is 0 Å². The SMILES string of the molecule is [NH]c1cc(S(=O)(=O)O)ccc1C(N)=O. The Kier molecular flexibility index (Phi) is 2.45. The van der Waals surface area contributed by atoms with E-state index in [1.54, 1.807) is 0 Å². The maximum Gasteiger partial charge on any atom is 0.294 e. The summed E-state index contributed by atoms with van der Waals surface area (Å²) in [6.45, 7) is 0. The van der Waals surface area contributed by atoms with Crippen molar-refractivity contribution in [2.24, 2.45) is 5.73 Å². The lowest BCUT2D eigenvalue weighted by Crippen LogP contribution is -2.12. The Morgan fingerprint density at radius 2 is 2.00 bits per heavy atom. The molecule has 0 bridgehead atoms. The van der Waals surface area contributed by atoms with Crippen molar-refractivity contribution in [3.63, 3.8) is 0 Å². The summed E-state index contributed by atoms with van der Waals surface area (Å²) in [6.07, 6.45) is 0. The van der Waals surface area contributed by atoms with Gasteiger partial charge in [0.05, 0.1) is 16.1 Å². The van der Waals surface area contributed by atoms with Crippen LogP contribution in [0, 0.1) is 0 Å². The van der Waals surface area contributed by atoms with Crippen LogP contribution in [0.5, 0.6) is 0 Å². The predicted molar refractivity (Wildman–Crippen MR) is 47.5 cm³/mol. The first-order valence-corrected chi connectivity index (χ1v) is 4.89. The first-order chi connectivity index (χ1) is 6.32. The normalized spacial score (nSPS) is 11.2. The van der Waals surface area contributed by atoms with Crippen molar-refractivity contribution < 1.29 is 17.8 Å². The highest BCUT2D eigenvalue weighted by Crippen LogP contribution is 2.18. The van der Waals surface area contributed by atoms with Crippen molar-refractivity contribution in [3.8, 4) is 0 Å². The number of nitrogens with one attached hydrogen (secondary N) is 1. The standard InChI is InChI=1S/C7H7N2O4S/c8-6-3-4(14(11,12)13)1-2-5(6)7(9)10/h1-3,8H,(H2,9,10)(H,11,12,13). The van der Waals surface area contributed by atoms with Gasteiger partial charge in [-0.2, -0.15) is 8.42 Å². The maximum absolute atomic E-state index is 10.7. The van der Waals surface area contributed by atoms with Crippen LogP contribution in [0.4, 0.5) is 5.69 Å². The van der Waals surface area contributed by atoms with Crippen molar-refractivity contribution in [1.29, 1.82) is 0 Å². The monoisotopic (exact) mass is 215 g/mol. The Balaban J connectivity index is 3.34. The van der Waals surface area contributed by atoms with E-state index in [4.69, 9.17) is 16.0 Å². The Labute approximate surface area is 80.3 Å². The van der Waals surface area contributed by atoms with Crippen LogP contribution in [0.25, 0.3) is 0 Å². The van der Waals surface area contributed by atoms with Gasteiger partial charge in [0.25, 0.3) is 16.0 Å². The molecule has 1 aromatic carbocycles. The number of rotatable bonds is 2. The van der Waals surface area contributed by atoms with Gasteiger partial charge in [-0.3, -0.25) is 9.35 Å². The number of carbonyl (C=O) groups is 1. The molecule has 0 spiro atoms. The molecule has 1 rings (SSSR count). The number of nitrogens with two attached hydrogens (primary N) is 1. The lowest BCUT2D eigenvalue weighted by molar-refractivity contribution is 0.100. The van der Waals surface area contributed by atoms with Crippen LogP contribution < -0.4 is 11.5 Å². The van der Waals surface area contributed by atoms with Crippen LogP contribution in [0.1, 0.15) is 10.4 Å². The van der Waals surface area contributed by atoms with Crippen molar-refractivity contribution >= 4 is 21.7 Å². The molecule has 6 nitrogen and oxygen atoms in total. The van der Waals surface area contributed by atoms with Gasteiger partial charge in [0, 0.05) is 0 Å². The van der Waals surface area contributed by atoms with E-state index in [1.807, 2.05) is 0 Å². The molecule has 0 saturated carbocycles. The summed E-state index contributed by atoms with van der Waals surface area (Å²) in [5, 5.41) is 0. The number of hydrogen-bond donors (Lipinski definition) is 2. The Morgan fingerprint density at radius 3 is 2.36 bits per heavy atom. The molecular weight excluding hydrogens is 208 g/mol. The number of benzene rings is 1. The van der Waals surface area contributed by atoms with Gasteiger partial charge in [0.2, 0.25) is 0 Å². The minimum atomic E-state index is -4.34. The van der Waals surface area contributed by atoms with Gasteiger partial charge in [0.1, 0.15) is 0 Å². The number of primary amides is 1. The summed E-state index contributed by atoms with van der Waals surface area (Å²) in [5.74, 6) is -0.822. The van der Waals surface area contributed by atoms with Crippen LogP contribution in [0.2, 0.25) is 0 Å². The summed E-state index contributed by atoms with van der Waals surface area (Å²) < 4.78 is 29.9. The zero-order valence-electron chi connectivity index (χ0n) is 6.89. The third kappa shape index (κ3) is 2.01. The summed E-state index contributed by atoms with van der Waals surface area (Å²) in [7, 11) is -4.34. The van der Waals surface area contributed by atoms with Crippen LogP contribution in [0.3, 0.4) is 0 Å². The largest absolute Gasteiger partial charge is 0.366 e. The highest BCUT2D eigenvalue weighted by molar-refractivity contribution is 7.85. The van der Waals surface area contributed by atoms with Crippen molar-refractivity contribution in [2.45, 2.75) is 4.90 Å². The van der Waals surface area contributed by atoms with Gasteiger partial charge in [-0.1, -0.05) is 0 Å². The van der Waals surface area contributed by atoms with Gasteiger partial charge in [-0.15, -0.1) is 0 Å². The topological polar surface area (TPSA) is 121 Å². The fourth-order valence-electron chi connectivity index (χ4n) is 0.899. The summed E-state index contributed by atoms with van der Waals surface area (Å²) >= 11 is 0. The van der Waals surface area contributed by atoms with Crippen LogP contribution in [-0.4, -0.2) is 18.9 Å². The average Bonchev–Trinajstić information content (AvgIpc) is 2.01. The zero-order chi connectivity index (χ0) is 10.9. The molecule has 7 heteroatoms. The Bertz CT molecular complexity index is 480. The minimum absolute atomic E-state index is 0.0996. The third-order valence-electron chi connectivity index (χ3n) is 1.55. The molecule has 0 atom stereocenters. The van der Waals surface area contributed by atoms with Crippen molar-refractivity contribution in [3.05, 3.63) is 23.8 Å². The zero-order valence-corrected chi connectivity index (χ0v) is 7.71. The first-order valence-electron chi connectivity index (χ1n) is 3.45. The fraction of sp³-hybridized carbons (Fsp3) is 0. The van der Waals surface area contributed by atoms with Crippen LogP contribution in [-0.2, 0) is 10.1 Å².